The molecule has 3 aromatic heterocycles. The van der Waals surface area contributed by atoms with E-state index in [0.717, 1.165) is 11.3 Å². The average molecular weight is 352 g/mol. The van der Waals surface area contributed by atoms with Crippen LogP contribution in [0.5, 0.6) is 0 Å². The minimum absolute atomic E-state index is 0.120. The maximum atomic E-state index is 12.5. The summed E-state index contributed by atoms with van der Waals surface area (Å²) in [4.78, 5) is 21.0. The lowest BCUT2D eigenvalue weighted by Gasteiger charge is -2.09. The van der Waals surface area contributed by atoms with Gasteiger partial charge in [-0.3, -0.25) is 9.20 Å². The molecule has 0 radical (unpaired) electrons. The Hall–Kier alpha value is -2.99. The van der Waals surface area contributed by atoms with E-state index in [4.69, 9.17) is 11.6 Å². The van der Waals surface area contributed by atoms with E-state index in [1.165, 1.54) is 4.68 Å². The molecule has 4 rings (SSSR count). The van der Waals surface area contributed by atoms with Gasteiger partial charge in [0.25, 0.3) is 5.56 Å². The molecule has 0 saturated heterocycles. The summed E-state index contributed by atoms with van der Waals surface area (Å²) in [5.41, 5.74) is 2.92. The number of nitrogens with zero attached hydrogens (tertiary/aromatic N) is 5. The zero-order valence-electron chi connectivity index (χ0n) is 13.4. The minimum atomic E-state index is -0.120. The van der Waals surface area contributed by atoms with Gasteiger partial charge in [0, 0.05) is 23.0 Å². The van der Waals surface area contributed by atoms with Crippen molar-refractivity contribution in [2.24, 2.45) is 0 Å². The van der Waals surface area contributed by atoms with Crippen LogP contribution in [0.25, 0.3) is 17.2 Å². The van der Waals surface area contributed by atoms with Crippen LogP contribution in [0.15, 0.2) is 59.8 Å². The van der Waals surface area contributed by atoms with Crippen LogP contribution in [0.3, 0.4) is 0 Å². The molecule has 0 aliphatic carbocycles. The third kappa shape index (κ3) is 2.92. The smallest absolute Gasteiger partial charge is 0.270 e. The Labute approximate surface area is 148 Å². The number of aromatic nitrogens is 5. The maximum Gasteiger partial charge on any atom is 0.270 e. The third-order valence-corrected chi connectivity index (χ3v) is 4.20. The number of benzene rings is 1. The number of fused-ring (bicyclic) bond motifs is 1. The van der Waals surface area contributed by atoms with Gasteiger partial charge in [-0.15, -0.1) is 0 Å². The number of halogens is 1. The van der Waals surface area contributed by atoms with E-state index in [0.29, 0.717) is 28.6 Å². The molecule has 25 heavy (non-hydrogen) atoms. The van der Waals surface area contributed by atoms with Crippen molar-refractivity contribution in [2.75, 3.05) is 0 Å². The normalized spacial score (nSPS) is 11.1. The first-order valence-electron chi connectivity index (χ1n) is 7.73. The first kappa shape index (κ1) is 15.5. The molecule has 124 valence electrons. The zero-order valence-corrected chi connectivity index (χ0v) is 14.2. The Morgan fingerprint density at radius 2 is 1.96 bits per heavy atom. The van der Waals surface area contributed by atoms with Crippen molar-refractivity contribution in [3.8, 4) is 11.4 Å². The Bertz CT molecular complexity index is 1110. The molecule has 6 nitrogen and oxygen atoms in total. The van der Waals surface area contributed by atoms with Crippen LogP contribution in [0.1, 0.15) is 11.1 Å². The molecule has 3 heterocycles. The molecule has 0 fully saturated rings. The molecule has 0 atom stereocenters. The van der Waals surface area contributed by atoms with Crippen LogP contribution in [-0.4, -0.2) is 24.1 Å². The molecule has 7 heteroatoms. The summed E-state index contributed by atoms with van der Waals surface area (Å²) < 4.78 is 3.31. The SMILES string of the molecule is Cc1cc(-c2cnc3ncccn23)nn(Cc2ccc(Cl)cc2)c1=O. The highest BCUT2D eigenvalue weighted by atomic mass is 35.5. The summed E-state index contributed by atoms with van der Waals surface area (Å²) in [5.74, 6) is 0.590. The second-order valence-corrected chi connectivity index (χ2v) is 6.17. The first-order chi connectivity index (χ1) is 12.1. The lowest BCUT2D eigenvalue weighted by molar-refractivity contribution is 0.637. The molecule has 0 spiro atoms. The molecule has 0 aliphatic heterocycles. The van der Waals surface area contributed by atoms with E-state index in [1.807, 2.05) is 28.8 Å². The van der Waals surface area contributed by atoms with Crippen molar-refractivity contribution in [2.45, 2.75) is 13.5 Å². The second-order valence-electron chi connectivity index (χ2n) is 5.73. The predicted octanol–water partition coefficient (Wildman–Crippen LogP) is 2.96. The van der Waals surface area contributed by atoms with Gasteiger partial charge in [0.15, 0.2) is 0 Å². The summed E-state index contributed by atoms with van der Waals surface area (Å²) >= 11 is 5.92. The quantitative estimate of drug-likeness (QED) is 0.569. The van der Waals surface area contributed by atoms with Crippen LogP contribution in [-0.2, 0) is 6.54 Å². The van der Waals surface area contributed by atoms with Crippen LogP contribution in [0.4, 0.5) is 0 Å². The topological polar surface area (TPSA) is 65.1 Å². The van der Waals surface area contributed by atoms with E-state index in [9.17, 15) is 4.79 Å². The molecular formula is C18H14ClN5O. The number of rotatable bonds is 3. The van der Waals surface area contributed by atoms with Crippen LogP contribution >= 0.6 is 11.6 Å². The fraction of sp³-hybridized carbons (Fsp3) is 0.111. The molecule has 0 aliphatic rings. The summed E-state index contributed by atoms with van der Waals surface area (Å²) in [6, 6.07) is 11.0. The number of hydrogen-bond acceptors (Lipinski definition) is 4. The van der Waals surface area contributed by atoms with E-state index >= 15 is 0 Å². The zero-order chi connectivity index (χ0) is 17.4. The molecule has 0 N–H and O–H groups in total. The van der Waals surface area contributed by atoms with Gasteiger partial charge in [0.2, 0.25) is 5.78 Å². The van der Waals surface area contributed by atoms with Crippen molar-refractivity contribution in [1.82, 2.24) is 24.1 Å². The third-order valence-electron chi connectivity index (χ3n) is 3.95. The van der Waals surface area contributed by atoms with Crippen LogP contribution in [0, 0.1) is 6.92 Å². The highest BCUT2D eigenvalue weighted by Crippen LogP contribution is 2.18. The van der Waals surface area contributed by atoms with Crippen LogP contribution in [0.2, 0.25) is 5.02 Å². The van der Waals surface area contributed by atoms with Crippen LogP contribution < -0.4 is 5.56 Å². The van der Waals surface area contributed by atoms with Gasteiger partial charge in [0.05, 0.1) is 18.4 Å². The lowest BCUT2D eigenvalue weighted by Crippen LogP contribution is -2.26. The van der Waals surface area contributed by atoms with Gasteiger partial charge >= 0.3 is 0 Å². The summed E-state index contributed by atoms with van der Waals surface area (Å²) in [7, 11) is 0. The fourth-order valence-electron chi connectivity index (χ4n) is 2.69. The molecular weight excluding hydrogens is 338 g/mol. The first-order valence-corrected chi connectivity index (χ1v) is 8.11. The predicted molar refractivity (Wildman–Crippen MR) is 95.8 cm³/mol. The highest BCUT2D eigenvalue weighted by Gasteiger charge is 2.12. The Balaban J connectivity index is 1.81. The van der Waals surface area contributed by atoms with E-state index in [1.54, 1.807) is 37.5 Å². The van der Waals surface area contributed by atoms with Gasteiger partial charge < -0.3 is 0 Å². The largest absolute Gasteiger partial charge is 0.282 e. The van der Waals surface area contributed by atoms with E-state index < -0.39 is 0 Å². The number of hydrogen-bond donors (Lipinski definition) is 0. The van der Waals surface area contributed by atoms with Gasteiger partial charge in [-0.25, -0.2) is 14.6 Å². The van der Waals surface area contributed by atoms with Gasteiger partial charge in [-0.05, 0) is 36.8 Å². The Morgan fingerprint density at radius 3 is 2.76 bits per heavy atom. The van der Waals surface area contributed by atoms with Crippen molar-refractivity contribution in [3.05, 3.63) is 81.5 Å². The lowest BCUT2D eigenvalue weighted by atomic mass is 10.2. The van der Waals surface area contributed by atoms with Crippen molar-refractivity contribution in [3.63, 3.8) is 0 Å². The Kier molecular flexibility index (Phi) is 3.82. The highest BCUT2D eigenvalue weighted by molar-refractivity contribution is 6.30. The fourth-order valence-corrected chi connectivity index (χ4v) is 2.81. The molecule has 0 amide bonds. The maximum absolute atomic E-state index is 12.5. The standard InChI is InChI=1S/C18H14ClN5O/c1-12-9-15(16-10-21-18-20-7-2-8-23(16)18)22-24(17(12)25)11-13-3-5-14(19)6-4-13/h2-10H,11H2,1H3. The molecule has 1 aromatic carbocycles. The Morgan fingerprint density at radius 1 is 1.16 bits per heavy atom. The minimum Gasteiger partial charge on any atom is -0.282 e. The van der Waals surface area contributed by atoms with E-state index in [2.05, 4.69) is 15.1 Å². The molecule has 4 aromatic rings. The van der Waals surface area contributed by atoms with Gasteiger partial charge in [-0.2, -0.15) is 5.10 Å². The van der Waals surface area contributed by atoms with Gasteiger partial charge in [0.1, 0.15) is 5.69 Å². The molecule has 0 saturated carbocycles. The summed E-state index contributed by atoms with van der Waals surface area (Å²) in [6.45, 7) is 2.16. The number of imidazole rings is 1. The second kappa shape index (κ2) is 6.14. The number of aryl methyl sites for hydroxylation is 1. The van der Waals surface area contributed by atoms with E-state index in [-0.39, 0.29) is 5.56 Å². The van der Waals surface area contributed by atoms with Gasteiger partial charge in [-0.1, -0.05) is 23.7 Å². The van der Waals surface area contributed by atoms with Crippen molar-refractivity contribution >= 4 is 17.4 Å². The monoisotopic (exact) mass is 351 g/mol. The average Bonchev–Trinajstić information content (AvgIpc) is 3.05. The molecule has 0 bridgehead atoms. The summed E-state index contributed by atoms with van der Waals surface area (Å²) in [6.07, 6.45) is 5.27. The molecule has 0 unspecified atom stereocenters. The van der Waals surface area contributed by atoms with Crippen molar-refractivity contribution in [1.29, 1.82) is 0 Å². The van der Waals surface area contributed by atoms with Crippen molar-refractivity contribution < 1.29 is 0 Å². The summed E-state index contributed by atoms with van der Waals surface area (Å²) in [5, 5.41) is 5.19.